The van der Waals surface area contributed by atoms with Crippen LogP contribution in [0.25, 0.3) is 0 Å². The van der Waals surface area contributed by atoms with Crippen LogP contribution in [0.2, 0.25) is 0 Å². The number of hydrogen-bond acceptors (Lipinski definition) is 4. The number of thiocarbonyl (C=S) groups is 1. The maximum Gasteiger partial charge on any atom is 0.206 e. The van der Waals surface area contributed by atoms with Gasteiger partial charge in [0.05, 0.1) is 16.0 Å². The lowest BCUT2D eigenvalue weighted by Gasteiger charge is -2.05. The van der Waals surface area contributed by atoms with Crippen molar-refractivity contribution >= 4 is 33.4 Å². The number of hydrogen-bond donors (Lipinski definition) is 2. The van der Waals surface area contributed by atoms with E-state index in [1.807, 2.05) is 6.92 Å². The third kappa shape index (κ3) is 3.90. The minimum atomic E-state index is -3.51. The van der Waals surface area contributed by atoms with Crippen LogP contribution >= 0.6 is 12.2 Å². The zero-order valence-corrected chi connectivity index (χ0v) is 13.5. The molecular formula is C15H15N3O2S2. The van der Waals surface area contributed by atoms with Gasteiger partial charge in [0.25, 0.3) is 0 Å². The lowest BCUT2D eigenvalue weighted by atomic mass is 10.2. The summed E-state index contributed by atoms with van der Waals surface area (Å²) in [5.74, 6) is 0. The molecule has 0 spiro atoms. The van der Waals surface area contributed by atoms with Crippen molar-refractivity contribution in [2.45, 2.75) is 16.7 Å². The van der Waals surface area contributed by atoms with Crippen LogP contribution in [-0.4, -0.2) is 19.7 Å². The molecule has 0 heterocycles. The molecule has 3 N–H and O–H groups in total. The minimum absolute atomic E-state index is 0.0646. The summed E-state index contributed by atoms with van der Waals surface area (Å²) in [5, 5.41) is 3.87. The average molecular weight is 333 g/mol. The van der Waals surface area contributed by atoms with Crippen molar-refractivity contribution in [3.8, 4) is 0 Å². The second-order valence-electron chi connectivity index (χ2n) is 4.62. The van der Waals surface area contributed by atoms with E-state index < -0.39 is 9.84 Å². The molecule has 0 fully saturated rings. The fraction of sp³-hybridized carbons (Fsp3) is 0.0667. The summed E-state index contributed by atoms with van der Waals surface area (Å²) in [7, 11) is -3.51. The molecule has 0 radical (unpaired) electrons. The Morgan fingerprint density at radius 1 is 1.09 bits per heavy atom. The van der Waals surface area contributed by atoms with Crippen molar-refractivity contribution in [2.24, 2.45) is 10.8 Å². The number of aryl methyl sites for hydroxylation is 1. The van der Waals surface area contributed by atoms with Gasteiger partial charge in [-0.15, -0.1) is 0 Å². The molecular weight excluding hydrogens is 318 g/mol. The molecule has 2 aromatic carbocycles. The first-order chi connectivity index (χ1) is 10.4. The van der Waals surface area contributed by atoms with Crippen LogP contribution in [0.4, 0.5) is 0 Å². The highest BCUT2D eigenvalue weighted by atomic mass is 32.2. The maximum absolute atomic E-state index is 12.5. The zero-order chi connectivity index (χ0) is 16.2. The molecule has 0 aliphatic carbocycles. The number of rotatable bonds is 4. The number of nitrogens with one attached hydrogen (secondary N) is 1. The van der Waals surface area contributed by atoms with Gasteiger partial charge in [-0.3, -0.25) is 5.43 Å². The lowest BCUT2D eigenvalue weighted by molar-refractivity contribution is 0.596. The van der Waals surface area contributed by atoms with Crippen molar-refractivity contribution in [1.29, 1.82) is 0 Å². The van der Waals surface area contributed by atoms with Crippen molar-refractivity contribution in [3.63, 3.8) is 0 Å². The van der Waals surface area contributed by atoms with Gasteiger partial charge in [-0.25, -0.2) is 8.42 Å². The van der Waals surface area contributed by atoms with Crippen molar-refractivity contribution < 1.29 is 8.42 Å². The summed E-state index contributed by atoms with van der Waals surface area (Å²) in [6, 6.07) is 13.1. The fourth-order valence-electron chi connectivity index (χ4n) is 1.76. The summed E-state index contributed by atoms with van der Waals surface area (Å²) in [5.41, 5.74) is 9.41. The maximum atomic E-state index is 12.5. The molecule has 0 aliphatic heterocycles. The van der Waals surface area contributed by atoms with Crippen LogP contribution in [0.1, 0.15) is 11.1 Å². The molecule has 0 aromatic heterocycles. The van der Waals surface area contributed by atoms with E-state index in [-0.39, 0.29) is 14.9 Å². The Bertz CT molecular complexity index is 796. The Morgan fingerprint density at radius 2 is 1.59 bits per heavy atom. The van der Waals surface area contributed by atoms with Crippen molar-refractivity contribution in [1.82, 2.24) is 5.43 Å². The first-order valence-electron chi connectivity index (χ1n) is 6.40. The molecule has 0 saturated carbocycles. The Kier molecular flexibility index (Phi) is 4.89. The highest BCUT2D eigenvalue weighted by molar-refractivity contribution is 7.91. The van der Waals surface area contributed by atoms with Gasteiger partial charge in [0, 0.05) is 0 Å². The van der Waals surface area contributed by atoms with Gasteiger partial charge in [0.2, 0.25) is 9.84 Å². The normalized spacial score (nSPS) is 11.5. The van der Waals surface area contributed by atoms with E-state index in [4.69, 9.17) is 5.73 Å². The van der Waals surface area contributed by atoms with Crippen LogP contribution in [0.3, 0.4) is 0 Å². The van der Waals surface area contributed by atoms with E-state index in [2.05, 4.69) is 22.7 Å². The molecule has 2 rings (SSSR count). The molecule has 0 aliphatic rings. The molecule has 0 atom stereocenters. The topological polar surface area (TPSA) is 84.5 Å². The molecule has 0 saturated heterocycles. The van der Waals surface area contributed by atoms with Crippen molar-refractivity contribution in [3.05, 3.63) is 59.7 Å². The minimum Gasteiger partial charge on any atom is -0.375 e. The lowest BCUT2D eigenvalue weighted by Crippen LogP contribution is -2.23. The number of nitrogens with two attached hydrogens (primary N) is 1. The Labute approximate surface area is 134 Å². The molecule has 22 heavy (non-hydrogen) atoms. The van der Waals surface area contributed by atoms with Crippen LogP contribution in [-0.2, 0) is 9.84 Å². The Hall–Kier alpha value is -2.25. The molecule has 0 bridgehead atoms. The van der Waals surface area contributed by atoms with Gasteiger partial charge >= 0.3 is 0 Å². The van der Waals surface area contributed by atoms with Crippen molar-refractivity contribution in [2.75, 3.05) is 0 Å². The third-order valence-electron chi connectivity index (χ3n) is 2.91. The number of sulfone groups is 1. The van der Waals surface area contributed by atoms with Crippen LogP contribution < -0.4 is 11.2 Å². The smallest absolute Gasteiger partial charge is 0.206 e. The van der Waals surface area contributed by atoms with Crippen LogP contribution in [0.5, 0.6) is 0 Å². The van der Waals surface area contributed by atoms with E-state index in [0.29, 0.717) is 0 Å². The highest BCUT2D eigenvalue weighted by Crippen LogP contribution is 2.21. The average Bonchev–Trinajstić information content (AvgIpc) is 2.48. The predicted molar refractivity (Wildman–Crippen MR) is 90.6 cm³/mol. The Balaban J connectivity index is 2.24. The molecule has 114 valence electrons. The van der Waals surface area contributed by atoms with Gasteiger partial charge in [0.15, 0.2) is 5.11 Å². The number of benzene rings is 2. The van der Waals surface area contributed by atoms with E-state index in [1.54, 1.807) is 36.4 Å². The second-order valence-corrected chi connectivity index (χ2v) is 7.01. The van der Waals surface area contributed by atoms with E-state index >= 15 is 0 Å². The SMILES string of the molecule is Cc1ccc(S(=O)(=O)c2ccc(C=NNC(N)=S)cc2)cc1. The first-order valence-corrected chi connectivity index (χ1v) is 8.29. The van der Waals surface area contributed by atoms with E-state index in [1.165, 1.54) is 18.3 Å². The first kappa shape index (κ1) is 16.1. The molecule has 5 nitrogen and oxygen atoms in total. The predicted octanol–water partition coefficient (Wildman–Crippen LogP) is 1.99. The zero-order valence-electron chi connectivity index (χ0n) is 11.9. The van der Waals surface area contributed by atoms with E-state index in [9.17, 15) is 8.42 Å². The quantitative estimate of drug-likeness (QED) is 0.508. The molecule has 2 aromatic rings. The monoisotopic (exact) mass is 333 g/mol. The summed E-state index contributed by atoms with van der Waals surface area (Å²) in [6.45, 7) is 1.91. The Morgan fingerprint density at radius 3 is 2.09 bits per heavy atom. The molecule has 0 unspecified atom stereocenters. The second kappa shape index (κ2) is 6.67. The van der Waals surface area contributed by atoms with Gasteiger partial charge in [-0.05, 0) is 49.0 Å². The highest BCUT2D eigenvalue weighted by Gasteiger charge is 2.16. The summed E-state index contributed by atoms with van der Waals surface area (Å²) < 4.78 is 25.0. The van der Waals surface area contributed by atoms with Gasteiger partial charge in [-0.1, -0.05) is 29.8 Å². The summed E-state index contributed by atoms with van der Waals surface area (Å²) >= 11 is 4.62. The number of nitrogens with zero attached hydrogens (tertiary/aromatic N) is 1. The van der Waals surface area contributed by atoms with Gasteiger partial charge < -0.3 is 5.73 Å². The molecule has 7 heteroatoms. The summed E-state index contributed by atoms with van der Waals surface area (Å²) in [4.78, 5) is 0.505. The third-order valence-corrected chi connectivity index (χ3v) is 4.79. The fourth-order valence-corrected chi connectivity index (χ4v) is 3.07. The largest absolute Gasteiger partial charge is 0.375 e. The standard InChI is InChI=1S/C15H15N3O2S2/c1-11-2-6-13(7-3-11)22(19,20)14-8-4-12(5-9-14)10-17-18-15(16)21/h2-10H,1H3,(H3,16,18,21). The van der Waals surface area contributed by atoms with Crippen LogP contribution in [0.15, 0.2) is 63.4 Å². The van der Waals surface area contributed by atoms with E-state index in [0.717, 1.165) is 11.1 Å². The van der Waals surface area contributed by atoms with Crippen LogP contribution in [0, 0.1) is 6.92 Å². The summed E-state index contributed by atoms with van der Waals surface area (Å²) in [6.07, 6.45) is 1.50. The molecule has 0 amide bonds. The van der Waals surface area contributed by atoms with Gasteiger partial charge in [-0.2, -0.15) is 5.10 Å². The van der Waals surface area contributed by atoms with Gasteiger partial charge in [0.1, 0.15) is 0 Å². The number of hydrazone groups is 1.